The summed E-state index contributed by atoms with van der Waals surface area (Å²) in [5, 5.41) is 9.08. The van der Waals surface area contributed by atoms with Crippen LogP contribution in [0.25, 0.3) is 10.6 Å². The van der Waals surface area contributed by atoms with Crippen LogP contribution in [0.2, 0.25) is 0 Å². The predicted molar refractivity (Wildman–Crippen MR) is 106 cm³/mol. The molecule has 1 rings (SSSR count). The Morgan fingerprint density at radius 2 is 0.708 bits per heavy atom. The molecule has 1 radical (unpaired) electrons. The molecule has 0 bridgehead atoms. The quantitative estimate of drug-likeness (QED) is 0.455. The molecule has 24 heavy (non-hydrogen) atoms. The molecule has 1 saturated heterocycles. The Balaban J connectivity index is -0.000000279. The Kier molecular flexibility index (Phi) is 14.5. The molecule has 0 aromatic rings. The van der Waals surface area contributed by atoms with E-state index in [0.29, 0.717) is 0 Å². The Morgan fingerprint density at radius 3 is 0.750 bits per heavy atom. The number of hydrogen-bond acceptors (Lipinski definition) is 1. The van der Waals surface area contributed by atoms with E-state index in [0.717, 1.165) is 13.2 Å². The molecule has 0 atom stereocenters. The molecule has 0 aromatic heterocycles. The van der Waals surface area contributed by atoms with Gasteiger partial charge < -0.3 is 15.4 Å². The molecule has 0 N–H and O–H groups in total. The summed E-state index contributed by atoms with van der Waals surface area (Å²) in [5.74, 6) is 0. The van der Waals surface area contributed by atoms with E-state index in [1.165, 1.54) is 12.8 Å². The van der Waals surface area contributed by atoms with Gasteiger partial charge in [-0.3, -0.25) is 0 Å². The van der Waals surface area contributed by atoms with Gasteiger partial charge in [0.15, 0.2) is 0 Å². The molecular formula is C20H44CoN2O. The van der Waals surface area contributed by atoms with Gasteiger partial charge in [0.1, 0.15) is 0 Å². The van der Waals surface area contributed by atoms with Crippen molar-refractivity contribution in [2.75, 3.05) is 13.2 Å². The van der Waals surface area contributed by atoms with Gasteiger partial charge >= 0.3 is 16.8 Å². The first-order chi connectivity index (χ1) is 9.91. The molecule has 1 aliphatic heterocycles. The zero-order valence-corrected chi connectivity index (χ0v) is 19.5. The molecule has 4 heteroatoms. The third-order valence-electron chi connectivity index (χ3n) is 2.17. The second-order valence-corrected chi connectivity index (χ2v) is 10.2. The van der Waals surface area contributed by atoms with E-state index < -0.39 is 0 Å². The second kappa shape index (κ2) is 11.9. The van der Waals surface area contributed by atoms with Crippen LogP contribution in [0, 0.1) is 0 Å². The molecule has 0 amide bonds. The van der Waals surface area contributed by atoms with Gasteiger partial charge in [-0.1, -0.05) is 83.1 Å². The van der Waals surface area contributed by atoms with E-state index in [1.807, 2.05) is 0 Å². The van der Waals surface area contributed by atoms with Crippen molar-refractivity contribution >= 4 is 0 Å². The molecule has 3 nitrogen and oxygen atoms in total. The van der Waals surface area contributed by atoms with Crippen molar-refractivity contribution in [3.63, 3.8) is 0 Å². The van der Waals surface area contributed by atoms with Crippen LogP contribution >= 0.6 is 0 Å². The van der Waals surface area contributed by atoms with Crippen LogP contribution < -0.4 is 0 Å². The summed E-state index contributed by atoms with van der Waals surface area (Å²) in [6.45, 7) is 27.5. The van der Waals surface area contributed by atoms with Crippen molar-refractivity contribution in [3.05, 3.63) is 10.6 Å². The predicted octanol–water partition coefficient (Wildman–Crippen LogP) is 6.71. The first-order valence-electron chi connectivity index (χ1n) is 8.97. The smallest absolute Gasteiger partial charge is 0.653 e. The zero-order chi connectivity index (χ0) is 18.9. The van der Waals surface area contributed by atoms with Crippen molar-refractivity contribution in [2.24, 2.45) is 0 Å². The van der Waals surface area contributed by atoms with Gasteiger partial charge in [-0.05, 0) is 12.8 Å². The maximum Gasteiger partial charge on any atom is 2.00 e. The van der Waals surface area contributed by atoms with Crippen LogP contribution in [0.5, 0.6) is 0 Å². The number of nitrogens with zero attached hydrogens (tertiary/aromatic N) is 2. The van der Waals surface area contributed by atoms with Crippen LogP contribution in [-0.2, 0) is 21.5 Å². The molecule has 1 heterocycles. The molecule has 0 saturated carbocycles. The molecule has 0 spiro atoms. The van der Waals surface area contributed by atoms with E-state index in [2.05, 4.69) is 93.7 Å². The van der Waals surface area contributed by atoms with E-state index in [1.54, 1.807) is 0 Å². The van der Waals surface area contributed by atoms with E-state index in [9.17, 15) is 0 Å². The molecule has 0 unspecified atom stereocenters. The first-order valence-corrected chi connectivity index (χ1v) is 8.97. The summed E-state index contributed by atoms with van der Waals surface area (Å²) in [6.07, 6.45) is 2.56. The molecule has 0 aromatic carbocycles. The largest absolute Gasteiger partial charge is 2.00 e. The van der Waals surface area contributed by atoms with Gasteiger partial charge in [-0.2, -0.15) is 0 Å². The Hall–Kier alpha value is 0.386. The van der Waals surface area contributed by atoms with Crippen molar-refractivity contribution in [2.45, 2.75) is 118 Å². The Labute approximate surface area is 163 Å². The summed E-state index contributed by atoms with van der Waals surface area (Å²) in [4.78, 5) is 0. The summed E-state index contributed by atoms with van der Waals surface area (Å²) in [5.41, 5.74) is 0.438. The van der Waals surface area contributed by atoms with Crippen LogP contribution in [0.3, 0.4) is 0 Å². The number of hydrogen-bond donors (Lipinski definition) is 0. The van der Waals surface area contributed by atoms with Gasteiger partial charge in [0, 0.05) is 13.2 Å². The van der Waals surface area contributed by atoms with Crippen LogP contribution in [0.4, 0.5) is 0 Å². The third-order valence-corrected chi connectivity index (χ3v) is 2.17. The zero-order valence-electron chi connectivity index (χ0n) is 18.5. The van der Waals surface area contributed by atoms with Crippen molar-refractivity contribution in [3.8, 4) is 0 Å². The number of rotatable bonds is 0. The summed E-state index contributed by atoms with van der Waals surface area (Å²) >= 11 is 0. The average Bonchev–Trinajstić information content (AvgIpc) is 2.60. The van der Waals surface area contributed by atoms with Crippen molar-refractivity contribution in [1.29, 1.82) is 0 Å². The third kappa shape index (κ3) is 33.9. The second-order valence-electron chi connectivity index (χ2n) is 10.2. The van der Waals surface area contributed by atoms with Gasteiger partial charge in [0.25, 0.3) is 0 Å². The first kappa shape index (κ1) is 29.2. The molecule has 0 aliphatic carbocycles. The van der Waals surface area contributed by atoms with Crippen LogP contribution in [0.15, 0.2) is 0 Å². The van der Waals surface area contributed by atoms with Gasteiger partial charge in [-0.15, -0.1) is 22.2 Å². The van der Waals surface area contributed by atoms with Crippen molar-refractivity contribution in [1.82, 2.24) is 0 Å². The normalized spacial score (nSPS) is 15.5. The number of ether oxygens (including phenoxy) is 1. The standard InChI is InChI=1S/2C8H18N.C4H8O.Co/c2*1-7(2,3)9-8(4,5)6;1-2-4-5-3-1;/h2*1-6H3;1-4H2;/q2*-1;;+2. The maximum atomic E-state index is 4.94. The van der Waals surface area contributed by atoms with Crippen molar-refractivity contribution < 1.29 is 21.5 Å². The fourth-order valence-electron chi connectivity index (χ4n) is 2.52. The van der Waals surface area contributed by atoms with Crippen LogP contribution in [0.1, 0.15) is 95.9 Å². The monoisotopic (exact) mass is 387 g/mol. The minimum atomic E-state index is 0. The van der Waals surface area contributed by atoms with E-state index in [-0.39, 0.29) is 38.9 Å². The van der Waals surface area contributed by atoms with Crippen LogP contribution in [-0.4, -0.2) is 35.4 Å². The van der Waals surface area contributed by atoms with E-state index >= 15 is 0 Å². The molecular weight excluding hydrogens is 343 g/mol. The molecule has 1 fully saturated rings. The molecule has 1 aliphatic rings. The topological polar surface area (TPSA) is 37.4 Å². The van der Waals surface area contributed by atoms with Gasteiger partial charge in [-0.25, -0.2) is 0 Å². The summed E-state index contributed by atoms with van der Waals surface area (Å²) in [7, 11) is 0. The van der Waals surface area contributed by atoms with Gasteiger partial charge in [0.2, 0.25) is 0 Å². The SMILES string of the molecule is C1CCOC1.CC(C)(C)[N-]C(C)(C)C.CC(C)(C)[N-]C(C)(C)C.[Co+2]. The minimum absolute atomic E-state index is 0. The summed E-state index contributed by atoms with van der Waals surface area (Å²) in [6, 6.07) is 0. The fraction of sp³-hybridized carbons (Fsp3) is 1.00. The maximum absolute atomic E-state index is 4.94. The average molecular weight is 388 g/mol. The summed E-state index contributed by atoms with van der Waals surface area (Å²) < 4.78 is 4.94. The van der Waals surface area contributed by atoms with E-state index in [4.69, 9.17) is 4.74 Å². The van der Waals surface area contributed by atoms with Gasteiger partial charge in [0.05, 0.1) is 0 Å². The minimum Gasteiger partial charge on any atom is -0.653 e. The molecule has 149 valence electrons. The Morgan fingerprint density at radius 1 is 0.500 bits per heavy atom. The fourth-order valence-corrected chi connectivity index (χ4v) is 2.52. The Bertz CT molecular complexity index is 229.